The normalized spacial score (nSPS) is 17.5. The van der Waals surface area contributed by atoms with E-state index in [1.165, 1.54) is 4.52 Å². The summed E-state index contributed by atoms with van der Waals surface area (Å²) in [6.07, 6.45) is 3.18. The van der Waals surface area contributed by atoms with Gasteiger partial charge in [-0.25, -0.2) is 9.50 Å². The second kappa shape index (κ2) is 5.35. The molecule has 0 N–H and O–H groups in total. The van der Waals surface area contributed by atoms with Gasteiger partial charge in [0.05, 0.1) is 21.9 Å². The molecule has 0 fully saturated rings. The summed E-state index contributed by atoms with van der Waals surface area (Å²) in [6.45, 7) is 3.43. The molecule has 1 aliphatic heterocycles. The number of carbonyl (C=O) groups is 1. The van der Waals surface area contributed by atoms with E-state index in [-0.39, 0.29) is 11.9 Å². The van der Waals surface area contributed by atoms with Gasteiger partial charge in [-0.3, -0.25) is 4.79 Å². The Labute approximate surface area is 145 Å². The van der Waals surface area contributed by atoms with E-state index < -0.39 is 0 Å². The van der Waals surface area contributed by atoms with E-state index in [1.807, 2.05) is 24.0 Å². The van der Waals surface area contributed by atoms with Gasteiger partial charge in [-0.2, -0.15) is 5.10 Å². The lowest BCUT2D eigenvalue weighted by Gasteiger charge is -2.34. The molecule has 4 heterocycles. The highest BCUT2D eigenvalue weighted by molar-refractivity contribution is 9.10. The fourth-order valence-electron chi connectivity index (χ4n) is 3.00. The van der Waals surface area contributed by atoms with Crippen molar-refractivity contribution in [1.82, 2.24) is 24.1 Å². The van der Waals surface area contributed by atoms with Crippen molar-refractivity contribution in [2.75, 3.05) is 6.54 Å². The van der Waals surface area contributed by atoms with Gasteiger partial charge in [-0.15, -0.1) is 0 Å². The maximum absolute atomic E-state index is 12.8. The molecule has 23 heavy (non-hydrogen) atoms. The van der Waals surface area contributed by atoms with Gasteiger partial charge in [0.15, 0.2) is 11.3 Å². The van der Waals surface area contributed by atoms with Crippen molar-refractivity contribution in [3.05, 3.63) is 51.6 Å². The molecule has 3 aromatic rings. The van der Waals surface area contributed by atoms with E-state index >= 15 is 0 Å². The smallest absolute Gasteiger partial charge is 0.275 e. The fraction of sp³-hybridized carbons (Fsp3) is 0.267. The molecular weight excluding hydrogens is 382 g/mol. The Kier molecular flexibility index (Phi) is 3.42. The zero-order valence-electron chi connectivity index (χ0n) is 12.3. The number of rotatable bonds is 1. The maximum Gasteiger partial charge on any atom is 0.275 e. The van der Waals surface area contributed by atoms with Crippen LogP contribution in [0, 0.1) is 0 Å². The second-order valence-electron chi connectivity index (χ2n) is 5.51. The summed E-state index contributed by atoms with van der Waals surface area (Å²) in [6, 6.07) is 5.73. The number of nitrogens with zero attached hydrogens (tertiary/aromatic N) is 5. The number of hydrogen-bond donors (Lipinski definition) is 0. The van der Waals surface area contributed by atoms with Gasteiger partial charge >= 0.3 is 0 Å². The lowest BCUT2D eigenvalue weighted by atomic mass is 10.1. The first-order valence-electron chi connectivity index (χ1n) is 7.21. The first-order chi connectivity index (χ1) is 11.0. The number of aromatic nitrogens is 4. The molecule has 6 nitrogen and oxygen atoms in total. The minimum Gasteiger partial charge on any atom is -0.336 e. The Hall–Kier alpha value is -1.86. The largest absolute Gasteiger partial charge is 0.336 e. The van der Waals surface area contributed by atoms with Crippen molar-refractivity contribution in [1.29, 1.82) is 0 Å². The lowest BCUT2D eigenvalue weighted by molar-refractivity contribution is 0.0636. The van der Waals surface area contributed by atoms with Crippen molar-refractivity contribution in [3.63, 3.8) is 0 Å². The van der Waals surface area contributed by atoms with E-state index in [0.717, 1.165) is 16.8 Å². The quantitative estimate of drug-likeness (QED) is 0.637. The Morgan fingerprint density at radius 3 is 3.04 bits per heavy atom. The minimum atomic E-state index is -0.0947. The summed E-state index contributed by atoms with van der Waals surface area (Å²) in [4.78, 5) is 18.9. The standard InChI is InChI=1S/C15H13BrClN5O/c1-9-12-2-3-13(16)21(12)5-4-20(9)15(23)11-6-14-18-7-10(17)8-22(14)19-11/h2-3,6-9H,4-5H2,1H3. The zero-order valence-corrected chi connectivity index (χ0v) is 14.6. The van der Waals surface area contributed by atoms with Crippen LogP contribution < -0.4 is 0 Å². The van der Waals surface area contributed by atoms with Crippen LogP contribution in [0.4, 0.5) is 0 Å². The van der Waals surface area contributed by atoms with Crippen LogP contribution in [0.2, 0.25) is 5.02 Å². The minimum absolute atomic E-state index is 0.0103. The fourth-order valence-corrected chi connectivity index (χ4v) is 3.66. The molecule has 0 bridgehead atoms. The third-order valence-corrected chi connectivity index (χ3v) is 5.07. The molecule has 0 spiro atoms. The van der Waals surface area contributed by atoms with Crippen LogP contribution in [0.25, 0.3) is 5.65 Å². The molecule has 0 radical (unpaired) electrons. The van der Waals surface area contributed by atoms with Gasteiger partial charge in [0.1, 0.15) is 0 Å². The summed E-state index contributed by atoms with van der Waals surface area (Å²) in [5, 5.41) is 4.79. The molecule has 1 unspecified atom stereocenters. The third kappa shape index (κ3) is 2.35. The summed E-state index contributed by atoms with van der Waals surface area (Å²) in [5.41, 5.74) is 2.10. The highest BCUT2D eigenvalue weighted by atomic mass is 79.9. The van der Waals surface area contributed by atoms with E-state index in [0.29, 0.717) is 22.9 Å². The average molecular weight is 395 g/mol. The molecule has 0 aliphatic carbocycles. The molecule has 1 aliphatic rings. The molecule has 1 amide bonds. The Morgan fingerprint density at radius 2 is 2.22 bits per heavy atom. The number of halogens is 2. The van der Waals surface area contributed by atoms with E-state index in [2.05, 4.69) is 30.6 Å². The number of hydrogen-bond acceptors (Lipinski definition) is 3. The Morgan fingerprint density at radius 1 is 1.39 bits per heavy atom. The van der Waals surface area contributed by atoms with Crippen molar-refractivity contribution < 1.29 is 4.79 Å². The van der Waals surface area contributed by atoms with Crippen molar-refractivity contribution >= 4 is 39.1 Å². The highest BCUT2D eigenvalue weighted by Gasteiger charge is 2.30. The molecule has 1 atom stereocenters. The summed E-state index contributed by atoms with van der Waals surface area (Å²) >= 11 is 9.45. The molecule has 0 saturated heterocycles. The summed E-state index contributed by atoms with van der Waals surface area (Å²) < 4.78 is 4.75. The maximum atomic E-state index is 12.8. The molecule has 4 rings (SSSR count). The van der Waals surface area contributed by atoms with E-state index in [9.17, 15) is 4.79 Å². The summed E-state index contributed by atoms with van der Waals surface area (Å²) in [7, 11) is 0. The van der Waals surface area contributed by atoms with Crippen LogP contribution in [0.15, 0.2) is 35.2 Å². The topological polar surface area (TPSA) is 55.4 Å². The van der Waals surface area contributed by atoms with Crippen LogP contribution in [0.3, 0.4) is 0 Å². The third-order valence-electron chi connectivity index (χ3n) is 4.18. The Bertz CT molecular complexity index is 918. The van der Waals surface area contributed by atoms with Gasteiger partial charge in [0, 0.05) is 31.0 Å². The van der Waals surface area contributed by atoms with Crippen molar-refractivity contribution in [2.24, 2.45) is 0 Å². The van der Waals surface area contributed by atoms with Crippen molar-refractivity contribution in [2.45, 2.75) is 19.5 Å². The molecule has 118 valence electrons. The monoisotopic (exact) mass is 393 g/mol. The molecular formula is C15H13BrClN5O. The van der Waals surface area contributed by atoms with Gasteiger partial charge in [-0.1, -0.05) is 11.6 Å². The van der Waals surface area contributed by atoms with Gasteiger partial charge in [-0.05, 0) is 35.0 Å². The molecule has 0 aromatic carbocycles. The van der Waals surface area contributed by atoms with Gasteiger partial charge in [0.2, 0.25) is 0 Å². The molecule has 8 heteroatoms. The number of amides is 1. The van der Waals surface area contributed by atoms with Crippen LogP contribution in [-0.2, 0) is 6.54 Å². The number of carbonyl (C=O) groups excluding carboxylic acids is 1. The molecule has 3 aromatic heterocycles. The van der Waals surface area contributed by atoms with Gasteiger partial charge in [0.25, 0.3) is 5.91 Å². The summed E-state index contributed by atoms with van der Waals surface area (Å²) in [5.74, 6) is -0.0947. The van der Waals surface area contributed by atoms with Crippen molar-refractivity contribution in [3.8, 4) is 0 Å². The average Bonchev–Trinajstić information content (AvgIpc) is 3.11. The van der Waals surface area contributed by atoms with E-state index in [4.69, 9.17) is 11.6 Å². The van der Waals surface area contributed by atoms with Crippen LogP contribution in [0.1, 0.15) is 29.1 Å². The number of fused-ring (bicyclic) bond motifs is 2. The second-order valence-corrected chi connectivity index (χ2v) is 6.76. The first-order valence-corrected chi connectivity index (χ1v) is 8.38. The van der Waals surface area contributed by atoms with E-state index in [1.54, 1.807) is 18.5 Å². The lowest BCUT2D eigenvalue weighted by Crippen LogP contribution is -2.41. The van der Waals surface area contributed by atoms with Crippen LogP contribution in [-0.4, -0.2) is 36.5 Å². The SMILES string of the molecule is CC1c2ccc(Br)n2CCN1C(=O)c1cc2ncc(Cl)cn2n1. The van der Waals surface area contributed by atoms with Crippen LogP contribution in [0.5, 0.6) is 0 Å². The highest BCUT2D eigenvalue weighted by Crippen LogP contribution is 2.30. The predicted octanol–water partition coefficient (Wildman–Crippen LogP) is 3.16. The first kappa shape index (κ1) is 14.7. The van der Waals surface area contributed by atoms with Gasteiger partial charge < -0.3 is 9.47 Å². The zero-order chi connectivity index (χ0) is 16.1. The van der Waals surface area contributed by atoms with Crippen LogP contribution >= 0.6 is 27.5 Å². The molecule has 0 saturated carbocycles. The predicted molar refractivity (Wildman–Crippen MR) is 89.6 cm³/mol. The Balaban J connectivity index is 1.68.